The second-order valence-corrected chi connectivity index (χ2v) is 8.45. The molecule has 0 spiro atoms. The first-order valence-electron chi connectivity index (χ1n) is 8.78. The van der Waals surface area contributed by atoms with Crippen LogP contribution in [-0.2, 0) is 10.0 Å². The number of rotatable bonds is 5. The lowest BCUT2D eigenvalue weighted by Crippen LogP contribution is -2.48. The molecule has 2 aromatic carbocycles. The maximum atomic E-state index is 12.8. The van der Waals surface area contributed by atoms with Crippen molar-refractivity contribution < 1.29 is 31.1 Å². The van der Waals surface area contributed by atoms with Crippen LogP contribution in [0, 0.1) is 0 Å². The molecule has 0 aliphatic carbocycles. The minimum Gasteiger partial charge on any atom is -0.406 e. The molecule has 0 atom stereocenters. The highest BCUT2D eigenvalue weighted by atomic mass is 32.2. The molecular formula is C19H19F3N2O4S. The number of carbonyl (C=O) groups is 1. The molecule has 0 unspecified atom stereocenters. The maximum Gasteiger partial charge on any atom is 0.573 e. The summed E-state index contributed by atoms with van der Waals surface area (Å²) in [6.07, 6.45) is -4.83. The second kappa shape index (κ2) is 8.03. The van der Waals surface area contributed by atoms with Gasteiger partial charge >= 0.3 is 6.36 Å². The van der Waals surface area contributed by atoms with Crippen LogP contribution in [0.5, 0.6) is 5.75 Å². The largest absolute Gasteiger partial charge is 0.573 e. The molecule has 3 rings (SSSR count). The number of nitrogens with zero attached hydrogens (tertiary/aromatic N) is 2. The van der Waals surface area contributed by atoms with Gasteiger partial charge in [-0.2, -0.15) is 4.31 Å². The SMILES string of the molecule is CC(=O)c1ccc(N2CCN(S(=O)(=O)c3ccc(OC(F)(F)F)cc3)CC2)cc1. The minimum atomic E-state index is -4.83. The molecule has 1 aliphatic heterocycles. The minimum absolute atomic E-state index is 0.0286. The molecule has 0 saturated carbocycles. The Morgan fingerprint density at radius 3 is 1.97 bits per heavy atom. The number of anilines is 1. The van der Waals surface area contributed by atoms with E-state index in [1.807, 2.05) is 17.0 Å². The zero-order valence-electron chi connectivity index (χ0n) is 15.5. The molecule has 1 heterocycles. The fourth-order valence-electron chi connectivity index (χ4n) is 3.06. The first-order valence-corrected chi connectivity index (χ1v) is 10.2. The Morgan fingerprint density at radius 2 is 1.48 bits per heavy atom. The molecule has 0 aromatic heterocycles. The lowest BCUT2D eigenvalue weighted by molar-refractivity contribution is -0.274. The van der Waals surface area contributed by atoms with E-state index in [1.165, 1.54) is 11.2 Å². The van der Waals surface area contributed by atoms with Crippen molar-refractivity contribution in [2.75, 3.05) is 31.1 Å². The van der Waals surface area contributed by atoms with E-state index in [9.17, 15) is 26.4 Å². The Balaban J connectivity index is 1.65. The number of halogens is 3. The van der Waals surface area contributed by atoms with Crippen LogP contribution in [0.2, 0.25) is 0 Å². The maximum absolute atomic E-state index is 12.8. The second-order valence-electron chi connectivity index (χ2n) is 6.51. The Labute approximate surface area is 166 Å². The van der Waals surface area contributed by atoms with Gasteiger partial charge in [-0.3, -0.25) is 4.79 Å². The summed E-state index contributed by atoms with van der Waals surface area (Å²) < 4.78 is 67.3. The highest BCUT2D eigenvalue weighted by molar-refractivity contribution is 7.89. The van der Waals surface area contributed by atoms with Crippen molar-refractivity contribution in [3.8, 4) is 5.75 Å². The van der Waals surface area contributed by atoms with Crippen molar-refractivity contribution in [2.24, 2.45) is 0 Å². The van der Waals surface area contributed by atoms with Gasteiger partial charge in [-0.05, 0) is 55.5 Å². The summed E-state index contributed by atoms with van der Waals surface area (Å²) in [6.45, 7) is 2.86. The summed E-state index contributed by atoms with van der Waals surface area (Å²) in [4.78, 5) is 13.3. The van der Waals surface area contributed by atoms with E-state index in [-0.39, 0.29) is 23.8 Å². The third-order valence-electron chi connectivity index (χ3n) is 4.57. The van der Waals surface area contributed by atoms with E-state index in [1.54, 1.807) is 12.1 Å². The first kappa shape index (κ1) is 21.1. The lowest BCUT2D eigenvalue weighted by Gasteiger charge is -2.35. The van der Waals surface area contributed by atoms with Crippen LogP contribution in [0.1, 0.15) is 17.3 Å². The van der Waals surface area contributed by atoms with E-state index in [0.717, 1.165) is 30.0 Å². The van der Waals surface area contributed by atoms with Gasteiger partial charge in [-0.25, -0.2) is 8.42 Å². The van der Waals surface area contributed by atoms with E-state index >= 15 is 0 Å². The predicted octanol–water partition coefficient (Wildman–Crippen LogP) is 3.30. The lowest BCUT2D eigenvalue weighted by atomic mass is 10.1. The van der Waals surface area contributed by atoms with Crippen LogP contribution in [0.4, 0.5) is 18.9 Å². The molecule has 29 heavy (non-hydrogen) atoms. The number of Topliss-reactive ketones (excluding diaryl/α,β-unsaturated/α-hetero) is 1. The van der Waals surface area contributed by atoms with E-state index in [2.05, 4.69) is 4.74 Å². The molecule has 0 N–H and O–H groups in total. The van der Waals surface area contributed by atoms with Gasteiger partial charge < -0.3 is 9.64 Å². The van der Waals surface area contributed by atoms with Crippen molar-refractivity contribution in [1.82, 2.24) is 4.31 Å². The molecule has 1 saturated heterocycles. The van der Waals surface area contributed by atoms with Gasteiger partial charge in [0.2, 0.25) is 10.0 Å². The van der Waals surface area contributed by atoms with Gasteiger partial charge in [0, 0.05) is 37.4 Å². The van der Waals surface area contributed by atoms with Gasteiger partial charge in [0.1, 0.15) is 5.75 Å². The Hall–Kier alpha value is -2.59. The summed E-state index contributed by atoms with van der Waals surface area (Å²) in [6, 6.07) is 11.3. The number of piperazine rings is 1. The van der Waals surface area contributed by atoms with Gasteiger partial charge in [-0.15, -0.1) is 13.2 Å². The van der Waals surface area contributed by atoms with Crippen molar-refractivity contribution in [2.45, 2.75) is 18.2 Å². The zero-order chi connectivity index (χ0) is 21.2. The highest BCUT2D eigenvalue weighted by Gasteiger charge is 2.32. The predicted molar refractivity (Wildman–Crippen MR) is 101 cm³/mol. The number of alkyl halides is 3. The van der Waals surface area contributed by atoms with Crippen LogP contribution in [0.15, 0.2) is 53.4 Å². The summed E-state index contributed by atoms with van der Waals surface area (Å²) in [7, 11) is -3.82. The molecule has 156 valence electrons. The third-order valence-corrected chi connectivity index (χ3v) is 6.49. The fourth-order valence-corrected chi connectivity index (χ4v) is 4.48. The van der Waals surface area contributed by atoms with Gasteiger partial charge in [0.25, 0.3) is 0 Å². The van der Waals surface area contributed by atoms with Gasteiger partial charge in [0.05, 0.1) is 4.90 Å². The zero-order valence-corrected chi connectivity index (χ0v) is 16.3. The topological polar surface area (TPSA) is 66.9 Å². The summed E-state index contributed by atoms with van der Waals surface area (Å²) in [5, 5.41) is 0. The van der Waals surface area contributed by atoms with Crippen molar-refractivity contribution in [3.63, 3.8) is 0 Å². The Bertz CT molecular complexity index is 966. The molecule has 0 amide bonds. The van der Waals surface area contributed by atoms with E-state index < -0.39 is 22.1 Å². The number of benzene rings is 2. The van der Waals surface area contributed by atoms with Crippen LogP contribution in [-0.4, -0.2) is 51.0 Å². The third kappa shape index (κ3) is 5.07. The first-order chi connectivity index (χ1) is 13.6. The van der Waals surface area contributed by atoms with Gasteiger partial charge in [0.15, 0.2) is 5.78 Å². The molecule has 10 heteroatoms. The molecule has 0 radical (unpaired) electrons. The number of ether oxygens (including phenoxy) is 1. The van der Waals surface area contributed by atoms with Crippen molar-refractivity contribution in [3.05, 3.63) is 54.1 Å². The summed E-state index contributed by atoms with van der Waals surface area (Å²) >= 11 is 0. The van der Waals surface area contributed by atoms with Crippen molar-refractivity contribution >= 4 is 21.5 Å². The number of ketones is 1. The Kier molecular flexibility index (Phi) is 5.85. The average molecular weight is 428 g/mol. The van der Waals surface area contributed by atoms with Crippen LogP contribution < -0.4 is 9.64 Å². The van der Waals surface area contributed by atoms with Gasteiger partial charge in [-0.1, -0.05) is 0 Å². The number of carbonyl (C=O) groups excluding carboxylic acids is 1. The monoisotopic (exact) mass is 428 g/mol. The number of hydrogen-bond acceptors (Lipinski definition) is 5. The summed E-state index contributed by atoms with van der Waals surface area (Å²) in [5.74, 6) is -0.505. The van der Waals surface area contributed by atoms with Crippen LogP contribution in [0.3, 0.4) is 0 Å². The quantitative estimate of drug-likeness (QED) is 0.684. The Morgan fingerprint density at radius 1 is 0.931 bits per heavy atom. The normalized spacial score (nSPS) is 15.9. The molecule has 1 fully saturated rings. The molecular weight excluding hydrogens is 409 g/mol. The average Bonchev–Trinajstić information content (AvgIpc) is 2.67. The van der Waals surface area contributed by atoms with E-state index in [4.69, 9.17) is 0 Å². The molecule has 0 bridgehead atoms. The smallest absolute Gasteiger partial charge is 0.406 e. The molecule has 6 nitrogen and oxygen atoms in total. The molecule has 1 aliphatic rings. The van der Waals surface area contributed by atoms with Crippen LogP contribution >= 0.6 is 0 Å². The fraction of sp³-hybridized carbons (Fsp3) is 0.316. The highest BCUT2D eigenvalue weighted by Crippen LogP contribution is 2.26. The number of sulfonamides is 1. The summed E-state index contributed by atoms with van der Waals surface area (Å²) in [5.41, 5.74) is 1.49. The number of hydrogen-bond donors (Lipinski definition) is 0. The van der Waals surface area contributed by atoms with E-state index in [0.29, 0.717) is 18.7 Å². The standard InChI is InChI=1S/C19H19F3N2O4S/c1-14(25)15-2-4-16(5-3-15)23-10-12-24(13-11-23)29(26,27)18-8-6-17(7-9-18)28-19(20,21)22/h2-9H,10-13H2,1H3. The molecule has 2 aromatic rings. The van der Waals surface area contributed by atoms with Crippen molar-refractivity contribution in [1.29, 1.82) is 0 Å². The van der Waals surface area contributed by atoms with Crippen LogP contribution in [0.25, 0.3) is 0 Å².